The van der Waals surface area contributed by atoms with E-state index in [2.05, 4.69) is 41.5 Å². The first-order valence-corrected chi connectivity index (χ1v) is 9.66. The average molecular weight is 343 g/mol. The highest BCUT2D eigenvalue weighted by Crippen LogP contribution is 2.29. The van der Waals surface area contributed by atoms with Crippen molar-refractivity contribution in [1.29, 1.82) is 0 Å². The predicted octanol–water partition coefficient (Wildman–Crippen LogP) is 5.00. The third kappa shape index (κ3) is 9.94. The van der Waals surface area contributed by atoms with Crippen LogP contribution >= 0.6 is 0 Å². The average Bonchev–Trinajstić information content (AvgIpc) is 2.50. The number of carbonyl (C=O) groups is 2. The summed E-state index contributed by atoms with van der Waals surface area (Å²) in [6, 6.07) is 0. The molecule has 0 aliphatic heterocycles. The fourth-order valence-corrected chi connectivity index (χ4v) is 2.71. The molecule has 0 aromatic heterocycles. The Morgan fingerprint density at radius 1 is 0.708 bits per heavy atom. The zero-order chi connectivity index (χ0) is 18.5. The maximum Gasteiger partial charge on any atom is 0.309 e. The van der Waals surface area contributed by atoms with Gasteiger partial charge < -0.3 is 9.47 Å². The third-order valence-electron chi connectivity index (χ3n) is 4.03. The monoisotopic (exact) mass is 342 g/mol. The van der Waals surface area contributed by atoms with Crippen LogP contribution in [0.5, 0.6) is 0 Å². The Hall–Kier alpha value is -1.06. The second-order valence-corrected chi connectivity index (χ2v) is 7.51. The van der Waals surface area contributed by atoms with E-state index < -0.39 is 11.8 Å². The van der Waals surface area contributed by atoms with Gasteiger partial charge in [-0.2, -0.15) is 0 Å². The van der Waals surface area contributed by atoms with E-state index in [0.29, 0.717) is 37.9 Å². The van der Waals surface area contributed by atoms with Crippen LogP contribution in [0.15, 0.2) is 0 Å². The van der Waals surface area contributed by atoms with Crippen LogP contribution in [0.25, 0.3) is 0 Å². The molecule has 0 aromatic rings. The van der Waals surface area contributed by atoms with Crippen LogP contribution in [-0.4, -0.2) is 25.2 Å². The van der Waals surface area contributed by atoms with Crippen molar-refractivity contribution in [2.45, 2.75) is 80.1 Å². The number of hydrogen-bond acceptors (Lipinski definition) is 4. The van der Waals surface area contributed by atoms with Crippen LogP contribution in [0.2, 0.25) is 0 Å². The minimum Gasteiger partial charge on any atom is -0.465 e. The van der Waals surface area contributed by atoms with E-state index in [1.165, 1.54) is 0 Å². The van der Waals surface area contributed by atoms with Gasteiger partial charge in [-0.25, -0.2) is 0 Å². The van der Waals surface area contributed by atoms with Gasteiger partial charge in [0.25, 0.3) is 0 Å². The first-order chi connectivity index (χ1) is 11.3. The van der Waals surface area contributed by atoms with Gasteiger partial charge in [-0.1, -0.05) is 54.4 Å². The molecule has 0 amide bonds. The van der Waals surface area contributed by atoms with Gasteiger partial charge in [0.2, 0.25) is 0 Å². The summed E-state index contributed by atoms with van der Waals surface area (Å²) >= 11 is 0. The molecular weight excluding hydrogens is 304 g/mol. The summed E-state index contributed by atoms with van der Waals surface area (Å²) in [6.45, 7) is 13.3. The predicted molar refractivity (Wildman–Crippen MR) is 97.6 cm³/mol. The SMILES string of the molecule is CCCCOC(=O)C(CC(C)C)C(CC(C)C)C(=O)OCCCC. The normalized spacial score (nSPS) is 13.8. The Kier molecular flexibility index (Phi) is 12.7. The van der Waals surface area contributed by atoms with Crippen LogP contribution in [-0.2, 0) is 19.1 Å². The summed E-state index contributed by atoms with van der Waals surface area (Å²) in [6.07, 6.45) is 5.00. The quantitative estimate of drug-likeness (QED) is 0.349. The summed E-state index contributed by atoms with van der Waals surface area (Å²) in [5, 5.41) is 0. The van der Waals surface area contributed by atoms with Gasteiger partial charge in [-0.15, -0.1) is 0 Å². The lowest BCUT2D eigenvalue weighted by molar-refractivity contribution is -0.162. The molecule has 0 aromatic carbocycles. The molecule has 142 valence electrons. The zero-order valence-corrected chi connectivity index (χ0v) is 16.6. The van der Waals surface area contributed by atoms with Gasteiger partial charge in [0.15, 0.2) is 0 Å². The molecule has 0 heterocycles. The van der Waals surface area contributed by atoms with Crippen LogP contribution in [0.1, 0.15) is 80.1 Å². The van der Waals surface area contributed by atoms with Gasteiger partial charge in [0, 0.05) is 0 Å². The van der Waals surface area contributed by atoms with Crippen molar-refractivity contribution in [2.75, 3.05) is 13.2 Å². The molecule has 24 heavy (non-hydrogen) atoms. The van der Waals surface area contributed by atoms with Gasteiger partial charge in [0.1, 0.15) is 0 Å². The topological polar surface area (TPSA) is 52.6 Å². The second kappa shape index (κ2) is 13.3. The molecule has 0 rings (SSSR count). The lowest BCUT2D eigenvalue weighted by Gasteiger charge is -2.27. The lowest BCUT2D eigenvalue weighted by Crippen LogP contribution is -2.35. The van der Waals surface area contributed by atoms with Crippen molar-refractivity contribution in [3.05, 3.63) is 0 Å². The molecular formula is C20H38O4. The molecule has 0 radical (unpaired) electrons. The number of carbonyl (C=O) groups excluding carboxylic acids is 2. The Morgan fingerprint density at radius 3 is 1.29 bits per heavy atom. The van der Waals surface area contributed by atoms with Crippen molar-refractivity contribution < 1.29 is 19.1 Å². The van der Waals surface area contributed by atoms with Crippen molar-refractivity contribution >= 4 is 11.9 Å². The summed E-state index contributed by atoms with van der Waals surface area (Å²) in [7, 11) is 0. The largest absolute Gasteiger partial charge is 0.465 e. The number of rotatable bonds is 13. The van der Waals surface area contributed by atoms with Crippen molar-refractivity contribution in [1.82, 2.24) is 0 Å². The highest BCUT2D eigenvalue weighted by molar-refractivity contribution is 5.82. The Morgan fingerprint density at radius 2 is 1.04 bits per heavy atom. The van der Waals surface area contributed by atoms with Gasteiger partial charge in [0.05, 0.1) is 25.0 Å². The van der Waals surface area contributed by atoms with Crippen molar-refractivity contribution in [2.24, 2.45) is 23.7 Å². The molecule has 2 unspecified atom stereocenters. The minimum absolute atomic E-state index is 0.241. The molecule has 0 fully saturated rings. The molecule has 0 spiro atoms. The number of ether oxygens (including phenoxy) is 2. The van der Waals surface area contributed by atoms with Crippen LogP contribution < -0.4 is 0 Å². The van der Waals surface area contributed by atoms with E-state index in [0.717, 1.165) is 25.7 Å². The Labute approximate surface area is 148 Å². The van der Waals surface area contributed by atoms with Crippen molar-refractivity contribution in [3.63, 3.8) is 0 Å². The van der Waals surface area contributed by atoms with Crippen LogP contribution in [0.3, 0.4) is 0 Å². The molecule has 4 nitrogen and oxygen atoms in total. The van der Waals surface area contributed by atoms with Crippen LogP contribution in [0.4, 0.5) is 0 Å². The Balaban J connectivity index is 5.09. The summed E-state index contributed by atoms with van der Waals surface area (Å²) in [5.41, 5.74) is 0. The van der Waals surface area contributed by atoms with Gasteiger partial charge in [-0.05, 0) is 37.5 Å². The fraction of sp³-hybridized carbons (Fsp3) is 0.900. The molecule has 0 saturated heterocycles. The molecule has 4 heteroatoms. The highest BCUT2D eigenvalue weighted by atomic mass is 16.5. The molecule has 0 saturated carbocycles. The van der Waals surface area contributed by atoms with E-state index in [4.69, 9.17) is 9.47 Å². The Bertz CT molecular complexity index is 316. The van der Waals surface area contributed by atoms with Crippen LogP contribution in [0, 0.1) is 23.7 Å². The minimum atomic E-state index is -0.404. The first kappa shape index (κ1) is 22.9. The fourth-order valence-electron chi connectivity index (χ4n) is 2.71. The molecule has 0 bridgehead atoms. The molecule has 0 N–H and O–H groups in total. The lowest BCUT2D eigenvalue weighted by atomic mass is 9.80. The summed E-state index contributed by atoms with van der Waals surface area (Å²) in [5.74, 6) is -0.638. The summed E-state index contributed by atoms with van der Waals surface area (Å²) in [4.78, 5) is 25.2. The first-order valence-electron chi connectivity index (χ1n) is 9.66. The molecule has 2 atom stereocenters. The van der Waals surface area contributed by atoms with E-state index in [1.807, 2.05) is 0 Å². The number of unbranched alkanes of at least 4 members (excludes halogenated alkanes) is 2. The summed E-state index contributed by atoms with van der Waals surface area (Å²) < 4.78 is 10.9. The maximum atomic E-state index is 12.6. The zero-order valence-electron chi connectivity index (χ0n) is 16.6. The van der Waals surface area contributed by atoms with E-state index in [-0.39, 0.29) is 11.9 Å². The number of hydrogen-bond donors (Lipinski definition) is 0. The van der Waals surface area contributed by atoms with Gasteiger partial charge in [-0.3, -0.25) is 9.59 Å². The highest BCUT2D eigenvalue weighted by Gasteiger charge is 2.36. The van der Waals surface area contributed by atoms with E-state index in [1.54, 1.807) is 0 Å². The smallest absolute Gasteiger partial charge is 0.309 e. The molecule has 0 aliphatic carbocycles. The van der Waals surface area contributed by atoms with E-state index in [9.17, 15) is 9.59 Å². The van der Waals surface area contributed by atoms with E-state index >= 15 is 0 Å². The number of esters is 2. The van der Waals surface area contributed by atoms with Gasteiger partial charge >= 0.3 is 11.9 Å². The third-order valence-corrected chi connectivity index (χ3v) is 4.03. The second-order valence-electron chi connectivity index (χ2n) is 7.51. The maximum absolute atomic E-state index is 12.6. The molecule has 0 aliphatic rings. The van der Waals surface area contributed by atoms with Crippen molar-refractivity contribution in [3.8, 4) is 0 Å². The standard InChI is InChI=1S/C20H38O4/c1-7-9-11-23-19(21)17(13-15(3)4)18(14-16(5)6)20(22)24-12-10-8-2/h15-18H,7-14H2,1-6H3.